The Morgan fingerprint density at radius 1 is 1.71 bits per heavy atom. The van der Waals surface area contributed by atoms with Crippen LogP contribution in [0.3, 0.4) is 0 Å². The molecule has 0 unspecified atom stereocenters. The normalized spacial score (nSPS) is 16.9. The van der Waals surface area contributed by atoms with Gasteiger partial charge in [-0.25, -0.2) is 4.39 Å². The summed E-state index contributed by atoms with van der Waals surface area (Å²) < 4.78 is 13.1. The number of alkyl halides is 1. The lowest BCUT2D eigenvalue weighted by Crippen LogP contribution is -2.50. The molecule has 1 aromatic rings. The van der Waals surface area contributed by atoms with E-state index >= 15 is 0 Å². The van der Waals surface area contributed by atoms with Crippen LogP contribution >= 0.6 is 27.3 Å². The van der Waals surface area contributed by atoms with E-state index in [1.807, 2.05) is 0 Å². The molecule has 0 N–H and O–H groups in total. The molecule has 1 fully saturated rings. The van der Waals surface area contributed by atoms with Crippen LogP contribution in [0.25, 0.3) is 0 Å². The summed E-state index contributed by atoms with van der Waals surface area (Å²) >= 11 is 4.52. The third-order valence-corrected chi connectivity index (χ3v) is 4.07. The summed E-state index contributed by atoms with van der Waals surface area (Å²) in [4.78, 5) is 13.6. The summed E-state index contributed by atoms with van der Waals surface area (Å²) in [5.41, 5.74) is 0. The summed E-state index contributed by atoms with van der Waals surface area (Å²) in [7, 11) is 0. The summed E-state index contributed by atoms with van der Waals surface area (Å²) in [6.07, 6.45) is 0. The van der Waals surface area contributed by atoms with Gasteiger partial charge in [-0.05, 0) is 11.4 Å². The number of thiophene rings is 1. The zero-order valence-electron chi connectivity index (χ0n) is 7.37. The number of carbonyl (C=O) groups excluding carboxylic acids is 1. The monoisotopic (exact) mass is 277 g/mol. The minimum absolute atomic E-state index is 0.172. The molecule has 1 aliphatic heterocycles. The zero-order chi connectivity index (χ0) is 10.1. The minimum atomic E-state index is -0.401. The number of likely N-dealkylation sites (tertiary alicyclic amines) is 1. The molecule has 5 heteroatoms. The molecule has 2 nitrogen and oxygen atoms in total. The van der Waals surface area contributed by atoms with Gasteiger partial charge in [-0.15, -0.1) is 11.3 Å². The number of halogens is 2. The first-order valence-corrected chi connectivity index (χ1v) is 6.30. The van der Waals surface area contributed by atoms with Crippen LogP contribution in [0.2, 0.25) is 0 Å². The molecule has 0 radical (unpaired) electrons. The molecule has 1 amide bonds. The van der Waals surface area contributed by atoms with Crippen LogP contribution in [0.15, 0.2) is 11.4 Å². The summed E-state index contributed by atoms with van der Waals surface area (Å²) in [6, 6.07) is 1.33. The molecule has 0 spiro atoms. The molecule has 2 rings (SSSR count). The molecule has 2 heterocycles. The maximum atomic E-state index is 13.1. The summed E-state index contributed by atoms with van der Waals surface area (Å²) in [5, 5.41) is 2.51. The van der Waals surface area contributed by atoms with Gasteiger partial charge in [-0.1, -0.05) is 15.9 Å². The molecule has 0 bridgehead atoms. The first kappa shape index (κ1) is 10.1. The fraction of sp³-hybridized carbons (Fsp3) is 0.444. The topological polar surface area (TPSA) is 20.3 Å². The lowest BCUT2D eigenvalue weighted by atomic mass is 10.0. The van der Waals surface area contributed by atoms with Gasteiger partial charge in [0, 0.05) is 24.3 Å². The molecule has 0 aliphatic carbocycles. The number of carbonyl (C=O) groups is 1. The van der Waals surface area contributed by atoms with Gasteiger partial charge in [0.1, 0.15) is 10.7 Å². The second-order valence-corrected chi connectivity index (χ2v) is 4.89. The highest BCUT2D eigenvalue weighted by Crippen LogP contribution is 2.23. The first-order valence-electron chi connectivity index (χ1n) is 4.30. The smallest absolute Gasteiger partial charge is 0.266 e. The Hall–Kier alpha value is -0.420. The Labute approximate surface area is 93.8 Å². The minimum Gasteiger partial charge on any atom is -0.337 e. The maximum Gasteiger partial charge on any atom is 0.266 e. The van der Waals surface area contributed by atoms with Crippen molar-refractivity contribution < 1.29 is 9.18 Å². The number of nitrogens with zero attached hydrogens (tertiary/aromatic N) is 1. The van der Waals surface area contributed by atoms with Crippen molar-refractivity contribution in [3.8, 4) is 0 Å². The van der Waals surface area contributed by atoms with Crippen LogP contribution in [0.4, 0.5) is 4.39 Å². The molecule has 1 aromatic heterocycles. The third-order valence-electron chi connectivity index (χ3n) is 2.27. The lowest BCUT2D eigenvalue weighted by molar-refractivity contribution is 0.0540. The molecule has 0 atom stereocenters. The molecular formula is C9H9BrFNOS. The highest BCUT2D eigenvalue weighted by Gasteiger charge is 2.31. The van der Waals surface area contributed by atoms with Crippen LogP contribution in [0.5, 0.6) is 0 Å². The highest BCUT2D eigenvalue weighted by atomic mass is 79.9. The van der Waals surface area contributed by atoms with Crippen molar-refractivity contribution in [3.63, 3.8) is 0 Å². The van der Waals surface area contributed by atoms with Crippen molar-refractivity contribution in [1.82, 2.24) is 4.90 Å². The van der Waals surface area contributed by atoms with Crippen molar-refractivity contribution in [3.05, 3.63) is 22.1 Å². The van der Waals surface area contributed by atoms with Crippen molar-refractivity contribution in [2.75, 3.05) is 18.4 Å². The molecular weight excluding hydrogens is 269 g/mol. The predicted molar refractivity (Wildman–Crippen MR) is 57.5 cm³/mol. The number of hydrogen-bond acceptors (Lipinski definition) is 2. The van der Waals surface area contributed by atoms with E-state index in [-0.39, 0.29) is 10.8 Å². The van der Waals surface area contributed by atoms with Gasteiger partial charge in [0.05, 0.1) is 0 Å². The van der Waals surface area contributed by atoms with Gasteiger partial charge in [0.15, 0.2) is 0 Å². The van der Waals surface area contributed by atoms with E-state index in [1.165, 1.54) is 17.4 Å². The van der Waals surface area contributed by atoms with Crippen LogP contribution < -0.4 is 0 Å². The molecule has 1 aliphatic rings. The standard InChI is InChI=1S/C9H9BrFNOS/c10-3-6-4-12(5-6)9(13)8-7(11)1-2-14-8/h1-2,6H,3-5H2. The summed E-state index contributed by atoms with van der Waals surface area (Å²) in [6.45, 7) is 1.48. The van der Waals surface area contributed by atoms with Gasteiger partial charge in [-0.3, -0.25) is 4.79 Å². The molecule has 76 valence electrons. The zero-order valence-corrected chi connectivity index (χ0v) is 9.78. The SMILES string of the molecule is O=C(c1sccc1F)N1CC(CBr)C1. The Bertz CT molecular complexity index is 348. The Kier molecular flexibility index (Phi) is 2.88. The van der Waals surface area contributed by atoms with E-state index in [0.29, 0.717) is 5.92 Å². The van der Waals surface area contributed by atoms with Gasteiger partial charge in [-0.2, -0.15) is 0 Å². The average Bonchev–Trinajstić information content (AvgIpc) is 2.49. The Morgan fingerprint density at radius 2 is 2.43 bits per heavy atom. The quantitative estimate of drug-likeness (QED) is 0.760. The number of rotatable bonds is 2. The largest absolute Gasteiger partial charge is 0.337 e. The Balaban J connectivity index is 2.01. The molecule has 0 saturated carbocycles. The van der Waals surface area contributed by atoms with Crippen LogP contribution in [0.1, 0.15) is 9.67 Å². The second-order valence-electron chi connectivity index (χ2n) is 3.33. The van der Waals surface area contributed by atoms with Gasteiger partial charge in [0.25, 0.3) is 5.91 Å². The van der Waals surface area contributed by atoms with E-state index in [0.717, 1.165) is 18.4 Å². The van der Waals surface area contributed by atoms with Crippen molar-refractivity contribution >= 4 is 33.2 Å². The molecule has 0 aromatic carbocycles. The van der Waals surface area contributed by atoms with Gasteiger partial charge < -0.3 is 4.90 Å². The fourth-order valence-corrected chi connectivity index (χ4v) is 2.57. The first-order chi connectivity index (χ1) is 6.72. The van der Waals surface area contributed by atoms with Crippen molar-refractivity contribution in [1.29, 1.82) is 0 Å². The predicted octanol–water partition coefficient (Wildman–Crippen LogP) is 2.35. The number of hydrogen-bond donors (Lipinski definition) is 0. The van der Waals surface area contributed by atoms with Gasteiger partial charge in [0.2, 0.25) is 0 Å². The maximum absolute atomic E-state index is 13.1. The van der Waals surface area contributed by atoms with Crippen LogP contribution in [-0.2, 0) is 0 Å². The van der Waals surface area contributed by atoms with Crippen LogP contribution in [0, 0.1) is 11.7 Å². The Morgan fingerprint density at radius 3 is 2.93 bits per heavy atom. The summed E-state index contributed by atoms with van der Waals surface area (Å²) in [5.74, 6) is -0.0426. The lowest BCUT2D eigenvalue weighted by Gasteiger charge is -2.38. The van der Waals surface area contributed by atoms with Crippen molar-refractivity contribution in [2.45, 2.75) is 0 Å². The number of amides is 1. The van der Waals surface area contributed by atoms with Crippen LogP contribution in [-0.4, -0.2) is 29.2 Å². The second kappa shape index (κ2) is 3.98. The fourth-order valence-electron chi connectivity index (χ4n) is 1.42. The van der Waals surface area contributed by atoms with Gasteiger partial charge >= 0.3 is 0 Å². The van der Waals surface area contributed by atoms with E-state index in [1.54, 1.807) is 10.3 Å². The third kappa shape index (κ3) is 1.70. The van der Waals surface area contributed by atoms with Crippen molar-refractivity contribution in [2.24, 2.45) is 5.92 Å². The van der Waals surface area contributed by atoms with E-state index in [4.69, 9.17) is 0 Å². The molecule has 14 heavy (non-hydrogen) atoms. The highest BCUT2D eigenvalue weighted by molar-refractivity contribution is 9.09. The van der Waals surface area contributed by atoms with E-state index in [9.17, 15) is 9.18 Å². The van der Waals surface area contributed by atoms with E-state index < -0.39 is 5.82 Å². The average molecular weight is 278 g/mol. The molecule has 1 saturated heterocycles. The van der Waals surface area contributed by atoms with E-state index in [2.05, 4.69) is 15.9 Å².